The van der Waals surface area contributed by atoms with Gasteiger partial charge in [0.15, 0.2) is 0 Å². The molecule has 0 saturated heterocycles. The summed E-state index contributed by atoms with van der Waals surface area (Å²) in [7, 11) is -2.73. The number of hydrogen-bond donors (Lipinski definition) is 1. The van der Waals surface area contributed by atoms with Crippen LogP contribution in [0, 0.1) is 6.92 Å². The average molecular weight is 625 g/mol. The van der Waals surface area contributed by atoms with Gasteiger partial charge in [-0.1, -0.05) is 89.4 Å². The number of halogens is 2. The molecule has 0 spiro atoms. The van der Waals surface area contributed by atoms with E-state index in [2.05, 4.69) is 5.32 Å². The molecule has 0 fully saturated rings. The predicted molar refractivity (Wildman–Crippen MR) is 167 cm³/mol. The summed E-state index contributed by atoms with van der Waals surface area (Å²) in [5, 5.41) is 3.36. The third-order valence-electron chi connectivity index (χ3n) is 6.73. The van der Waals surface area contributed by atoms with Crippen LogP contribution in [0.25, 0.3) is 0 Å². The van der Waals surface area contributed by atoms with Gasteiger partial charge in [0, 0.05) is 30.1 Å². The summed E-state index contributed by atoms with van der Waals surface area (Å²) < 4.78 is 28.9. The molecule has 4 aromatic carbocycles. The third kappa shape index (κ3) is 7.70. The Morgan fingerprint density at radius 2 is 1.48 bits per heavy atom. The van der Waals surface area contributed by atoms with Crippen molar-refractivity contribution in [2.45, 2.75) is 30.8 Å². The molecule has 0 aliphatic carbocycles. The van der Waals surface area contributed by atoms with Crippen LogP contribution in [-0.2, 0) is 32.6 Å². The van der Waals surface area contributed by atoms with Crippen molar-refractivity contribution in [2.24, 2.45) is 0 Å². The monoisotopic (exact) mass is 623 g/mol. The van der Waals surface area contributed by atoms with Gasteiger partial charge in [0.2, 0.25) is 11.8 Å². The number of aryl methyl sites for hydroxylation is 1. The summed E-state index contributed by atoms with van der Waals surface area (Å²) in [6.45, 7) is 1.46. The number of nitrogens with zero attached hydrogens (tertiary/aromatic N) is 2. The fourth-order valence-corrected chi connectivity index (χ4v) is 6.34. The Hall–Kier alpha value is -3.85. The lowest BCUT2D eigenvalue weighted by Crippen LogP contribution is -2.53. The standard InChI is InChI=1S/C32H31Cl2N3O4S/c1-23-8-6-11-25(18-23)21-36(30(32(39)35-2)19-24-9-4-3-5-10-24)31(38)22-37(28-13-7-12-27(34)20-28)42(40,41)29-16-14-26(33)15-17-29/h3-18,20,30H,19,21-22H2,1-2H3,(H,35,39). The first-order chi connectivity index (χ1) is 20.1. The van der Waals surface area contributed by atoms with Gasteiger partial charge in [0.05, 0.1) is 10.6 Å². The number of nitrogens with one attached hydrogen (secondary N) is 1. The van der Waals surface area contributed by atoms with E-state index in [1.165, 1.54) is 42.3 Å². The maximum absolute atomic E-state index is 14.3. The quantitative estimate of drug-likeness (QED) is 0.226. The Bertz CT molecular complexity index is 1650. The molecule has 0 bridgehead atoms. The average Bonchev–Trinajstić information content (AvgIpc) is 2.98. The summed E-state index contributed by atoms with van der Waals surface area (Å²) >= 11 is 12.3. The van der Waals surface area contributed by atoms with Crippen molar-refractivity contribution in [2.75, 3.05) is 17.9 Å². The van der Waals surface area contributed by atoms with E-state index in [1.54, 1.807) is 18.2 Å². The van der Waals surface area contributed by atoms with Gasteiger partial charge in [-0.2, -0.15) is 0 Å². The highest BCUT2D eigenvalue weighted by Gasteiger charge is 2.34. The van der Waals surface area contributed by atoms with Gasteiger partial charge in [-0.15, -0.1) is 0 Å². The molecule has 1 unspecified atom stereocenters. The molecule has 0 heterocycles. The molecular weight excluding hydrogens is 593 g/mol. The number of amides is 2. The largest absolute Gasteiger partial charge is 0.357 e. The lowest BCUT2D eigenvalue weighted by atomic mass is 10.0. The minimum absolute atomic E-state index is 0.0444. The van der Waals surface area contributed by atoms with Crippen molar-refractivity contribution >= 4 is 50.7 Å². The molecule has 4 aromatic rings. The summed E-state index contributed by atoms with van der Waals surface area (Å²) in [5.41, 5.74) is 2.86. The first-order valence-corrected chi connectivity index (χ1v) is 15.4. The van der Waals surface area contributed by atoms with Crippen molar-refractivity contribution in [1.82, 2.24) is 10.2 Å². The maximum Gasteiger partial charge on any atom is 0.264 e. The highest BCUT2D eigenvalue weighted by Crippen LogP contribution is 2.28. The Labute approximate surface area is 256 Å². The zero-order valence-electron chi connectivity index (χ0n) is 23.2. The second-order valence-electron chi connectivity index (χ2n) is 9.78. The van der Waals surface area contributed by atoms with Gasteiger partial charge in [-0.05, 0) is 60.5 Å². The molecule has 10 heteroatoms. The van der Waals surface area contributed by atoms with E-state index in [1.807, 2.05) is 61.5 Å². The van der Waals surface area contributed by atoms with Crippen molar-refractivity contribution in [1.29, 1.82) is 0 Å². The Morgan fingerprint density at radius 1 is 0.810 bits per heavy atom. The topological polar surface area (TPSA) is 86.8 Å². The molecular formula is C32H31Cl2N3O4S. The van der Waals surface area contributed by atoms with Crippen LogP contribution >= 0.6 is 23.2 Å². The van der Waals surface area contributed by atoms with Crippen LogP contribution in [0.15, 0.2) is 108 Å². The first kappa shape index (κ1) is 31.1. The highest BCUT2D eigenvalue weighted by molar-refractivity contribution is 7.92. The lowest BCUT2D eigenvalue weighted by Gasteiger charge is -2.33. The van der Waals surface area contributed by atoms with Crippen LogP contribution < -0.4 is 9.62 Å². The Morgan fingerprint density at radius 3 is 2.12 bits per heavy atom. The molecule has 4 rings (SSSR count). The number of anilines is 1. The summed E-state index contributed by atoms with van der Waals surface area (Å²) in [6, 6.07) is 28.1. The second kappa shape index (κ2) is 13.9. The van der Waals surface area contributed by atoms with Crippen LogP contribution in [0.1, 0.15) is 16.7 Å². The zero-order valence-corrected chi connectivity index (χ0v) is 25.5. The van der Waals surface area contributed by atoms with E-state index < -0.39 is 28.5 Å². The predicted octanol–water partition coefficient (Wildman–Crippen LogP) is 5.88. The van der Waals surface area contributed by atoms with Crippen LogP contribution in [-0.4, -0.2) is 44.8 Å². The molecule has 7 nitrogen and oxygen atoms in total. The Balaban J connectivity index is 1.79. The summed E-state index contributed by atoms with van der Waals surface area (Å²) in [6.07, 6.45) is 0.235. The second-order valence-corrected chi connectivity index (χ2v) is 12.5. The molecule has 2 amide bonds. The van der Waals surface area contributed by atoms with Gasteiger partial charge in [0.1, 0.15) is 12.6 Å². The van der Waals surface area contributed by atoms with Crippen LogP contribution in [0.2, 0.25) is 10.0 Å². The normalized spacial score (nSPS) is 11.9. The molecule has 0 aliphatic rings. The number of hydrogen-bond acceptors (Lipinski definition) is 4. The van der Waals surface area contributed by atoms with Crippen molar-refractivity contribution in [3.05, 3.63) is 130 Å². The number of sulfonamides is 1. The van der Waals surface area contributed by atoms with Gasteiger partial charge in [-0.25, -0.2) is 8.42 Å². The van der Waals surface area contributed by atoms with Crippen molar-refractivity contribution in [3.63, 3.8) is 0 Å². The van der Waals surface area contributed by atoms with E-state index >= 15 is 0 Å². The van der Waals surface area contributed by atoms with E-state index in [-0.39, 0.29) is 29.5 Å². The molecule has 42 heavy (non-hydrogen) atoms. The number of carbonyl (C=O) groups is 2. The SMILES string of the molecule is CNC(=O)C(Cc1ccccc1)N(Cc1cccc(C)c1)C(=O)CN(c1cccc(Cl)c1)S(=O)(=O)c1ccc(Cl)cc1. The van der Waals surface area contributed by atoms with Crippen molar-refractivity contribution < 1.29 is 18.0 Å². The van der Waals surface area contributed by atoms with Gasteiger partial charge < -0.3 is 10.2 Å². The van der Waals surface area contributed by atoms with Gasteiger partial charge in [-0.3, -0.25) is 13.9 Å². The van der Waals surface area contributed by atoms with E-state index in [4.69, 9.17) is 23.2 Å². The lowest BCUT2D eigenvalue weighted by molar-refractivity contribution is -0.139. The highest BCUT2D eigenvalue weighted by atomic mass is 35.5. The number of carbonyl (C=O) groups excluding carboxylic acids is 2. The van der Waals surface area contributed by atoms with Crippen LogP contribution in [0.4, 0.5) is 5.69 Å². The van der Waals surface area contributed by atoms with E-state index in [9.17, 15) is 18.0 Å². The van der Waals surface area contributed by atoms with Crippen molar-refractivity contribution in [3.8, 4) is 0 Å². The van der Waals surface area contributed by atoms with Gasteiger partial charge in [0.25, 0.3) is 10.0 Å². The van der Waals surface area contributed by atoms with E-state index in [0.29, 0.717) is 10.0 Å². The Kier molecular flexibility index (Phi) is 10.3. The summed E-state index contributed by atoms with van der Waals surface area (Å²) in [4.78, 5) is 29.0. The van der Waals surface area contributed by atoms with Crippen LogP contribution in [0.5, 0.6) is 0 Å². The molecule has 0 radical (unpaired) electrons. The zero-order chi connectivity index (χ0) is 30.3. The molecule has 218 valence electrons. The maximum atomic E-state index is 14.3. The molecule has 0 aliphatic heterocycles. The number of benzene rings is 4. The number of likely N-dealkylation sites (N-methyl/N-ethyl adjacent to an activating group) is 1. The fraction of sp³-hybridized carbons (Fsp3) is 0.188. The molecule has 0 saturated carbocycles. The van der Waals surface area contributed by atoms with Gasteiger partial charge >= 0.3 is 0 Å². The number of rotatable bonds is 11. The van der Waals surface area contributed by atoms with E-state index in [0.717, 1.165) is 21.0 Å². The minimum atomic E-state index is -4.24. The molecule has 1 atom stereocenters. The summed E-state index contributed by atoms with van der Waals surface area (Å²) in [5.74, 6) is -0.923. The molecule has 0 aromatic heterocycles. The minimum Gasteiger partial charge on any atom is -0.357 e. The first-order valence-electron chi connectivity index (χ1n) is 13.2. The van der Waals surface area contributed by atoms with Crippen LogP contribution in [0.3, 0.4) is 0 Å². The third-order valence-corrected chi connectivity index (χ3v) is 9.00. The smallest absolute Gasteiger partial charge is 0.264 e. The fourth-order valence-electron chi connectivity index (χ4n) is 4.62. The molecule has 1 N–H and O–H groups in total.